The molecule has 2 aromatic carbocycles. The Kier molecular flexibility index (Phi) is 9.93. The average Bonchev–Trinajstić information content (AvgIpc) is 2.62. The van der Waals surface area contributed by atoms with Crippen molar-refractivity contribution in [1.82, 2.24) is 0 Å². The van der Waals surface area contributed by atoms with Gasteiger partial charge in [-0.2, -0.15) is 0 Å². The molecular weight excluding hydrogens is 359 g/mol. The predicted molar refractivity (Wildman–Crippen MR) is 103 cm³/mol. The van der Waals surface area contributed by atoms with E-state index in [0.717, 1.165) is 34.0 Å². The molecule has 2 rings (SSSR count). The fraction of sp³-hybridized carbons (Fsp3) is 0.400. The summed E-state index contributed by atoms with van der Waals surface area (Å²) in [6, 6.07) is 15.6. The van der Waals surface area contributed by atoms with Crippen LogP contribution in [0.25, 0.3) is 0 Å². The van der Waals surface area contributed by atoms with Gasteiger partial charge in [-0.25, -0.2) is 0 Å². The Morgan fingerprint density at radius 3 is 1.28 bits per heavy atom. The zero-order valence-corrected chi connectivity index (χ0v) is 15.8. The van der Waals surface area contributed by atoms with Gasteiger partial charge in [-0.3, -0.25) is 0 Å². The van der Waals surface area contributed by atoms with Crippen LogP contribution in [0.15, 0.2) is 48.5 Å². The standard InChI is InChI=1S/C20H24Cl2O3/c21-19-7-3-1-5-17(19)9-11-23-13-15-25-16-14-24-12-10-18-6-2-4-8-20(18)22/h1-8H,9-16H2. The minimum absolute atomic E-state index is 0.566. The van der Waals surface area contributed by atoms with Crippen LogP contribution in [-0.4, -0.2) is 39.6 Å². The van der Waals surface area contributed by atoms with Crippen molar-refractivity contribution in [2.75, 3.05) is 39.6 Å². The van der Waals surface area contributed by atoms with Gasteiger partial charge in [-0.1, -0.05) is 59.6 Å². The monoisotopic (exact) mass is 382 g/mol. The minimum Gasteiger partial charge on any atom is -0.379 e. The van der Waals surface area contributed by atoms with E-state index in [4.69, 9.17) is 37.4 Å². The first-order valence-electron chi connectivity index (χ1n) is 8.47. The maximum atomic E-state index is 6.09. The van der Waals surface area contributed by atoms with Gasteiger partial charge in [0, 0.05) is 10.0 Å². The highest BCUT2D eigenvalue weighted by molar-refractivity contribution is 6.31. The van der Waals surface area contributed by atoms with Crippen LogP contribution in [0.3, 0.4) is 0 Å². The van der Waals surface area contributed by atoms with Crippen molar-refractivity contribution in [3.63, 3.8) is 0 Å². The zero-order chi connectivity index (χ0) is 17.7. The zero-order valence-electron chi connectivity index (χ0n) is 14.3. The lowest BCUT2D eigenvalue weighted by Gasteiger charge is -2.08. The highest BCUT2D eigenvalue weighted by atomic mass is 35.5. The van der Waals surface area contributed by atoms with Crippen LogP contribution in [-0.2, 0) is 27.1 Å². The van der Waals surface area contributed by atoms with E-state index in [9.17, 15) is 0 Å². The molecule has 0 N–H and O–H groups in total. The number of ether oxygens (including phenoxy) is 3. The van der Waals surface area contributed by atoms with Crippen LogP contribution in [0.5, 0.6) is 0 Å². The van der Waals surface area contributed by atoms with Crippen molar-refractivity contribution in [2.45, 2.75) is 12.8 Å². The third-order valence-corrected chi connectivity index (χ3v) is 4.43. The molecule has 0 saturated carbocycles. The van der Waals surface area contributed by atoms with Gasteiger partial charge >= 0.3 is 0 Å². The fourth-order valence-electron chi connectivity index (χ4n) is 2.31. The second kappa shape index (κ2) is 12.3. The van der Waals surface area contributed by atoms with Gasteiger partial charge in [0.15, 0.2) is 0 Å². The third kappa shape index (κ3) is 8.21. The lowest BCUT2D eigenvalue weighted by molar-refractivity contribution is 0.0156. The molecule has 2 aromatic rings. The quantitative estimate of drug-likeness (QED) is 0.492. The molecule has 0 atom stereocenters. The molecule has 0 aliphatic rings. The molecular formula is C20H24Cl2O3. The summed E-state index contributed by atoms with van der Waals surface area (Å²) >= 11 is 12.2. The summed E-state index contributed by atoms with van der Waals surface area (Å²) in [5, 5.41) is 1.58. The van der Waals surface area contributed by atoms with E-state index >= 15 is 0 Å². The van der Waals surface area contributed by atoms with Crippen LogP contribution in [0.4, 0.5) is 0 Å². The van der Waals surface area contributed by atoms with Crippen molar-refractivity contribution in [3.8, 4) is 0 Å². The minimum atomic E-state index is 0.566. The molecule has 5 heteroatoms. The smallest absolute Gasteiger partial charge is 0.0701 e. The van der Waals surface area contributed by atoms with Crippen LogP contribution in [0, 0.1) is 0 Å². The molecule has 0 unspecified atom stereocenters. The molecule has 0 radical (unpaired) electrons. The second-order valence-corrected chi connectivity index (χ2v) is 6.33. The van der Waals surface area contributed by atoms with Gasteiger partial charge in [0.05, 0.1) is 39.6 Å². The van der Waals surface area contributed by atoms with Gasteiger partial charge in [-0.15, -0.1) is 0 Å². The Bertz CT molecular complexity index is 566. The summed E-state index contributed by atoms with van der Waals surface area (Å²) in [6.45, 7) is 3.56. The highest BCUT2D eigenvalue weighted by Crippen LogP contribution is 2.16. The van der Waals surface area contributed by atoms with E-state index in [1.54, 1.807) is 0 Å². The summed E-state index contributed by atoms with van der Waals surface area (Å²) in [6.07, 6.45) is 1.62. The van der Waals surface area contributed by atoms with Crippen LogP contribution in [0.2, 0.25) is 10.0 Å². The summed E-state index contributed by atoms with van der Waals surface area (Å²) in [5.74, 6) is 0. The summed E-state index contributed by atoms with van der Waals surface area (Å²) < 4.78 is 16.6. The first-order valence-corrected chi connectivity index (χ1v) is 9.23. The summed E-state index contributed by atoms with van der Waals surface area (Å²) in [4.78, 5) is 0. The molecule has 0 aromatic heterocycles. The topological polar surface area (TPSA) is 27.7 Å². The SMILES string of the molecule is Clc1ccccc1CCOCCOCCOCCc1ccccc1Cl. The first-order chi connectivity index (χ1) is 12.3. The maximum absolute atomic E-state index is 6.09. The van der Waals surface area contributed by atoms with Crippen molar-refractivity contribution >= 4 is 23.2 Å². The molecule has 136 valence electrons. The third-order valence-electron chi connectivity index (χ3n) is 3.69. The first kappa shape index (κ1) is 20.2. The Morgan fingerprint density at radius 2 is 0.880 bits per heavy atom. The molecule has 0 saturated heterocycles. The number of benzene rings is 2. The van der Waals surface area contributed by atoms with Gasteiger partial charge in [-0.05, 0) is 36.1 Å². The Hall–Kier alpha value is -1.10. The molecule has 0 aliphatic heterocycles. The molecule has 0 amide bonds. The largest absolute Gasteiger partial charge is 0.379 e. The molecule has 25 heavy (non-hydrogen) atoms. The van der Waals surface area contributed by atoms with Crippen molar-refractivity contribution in [3.05, 3.63) is 69.7 Å². The van der Waals surface area contributed by atoms with Crippen LogP contribution in [0.1, 0.15) is 11.1 Å². The highest BCUT2D eigenvalue weighted by Gasteiger charge is 2.00. The van der Waals surface area contributed by atoms with E-state index in [1.807, 2.05) is 48.5 Å². The summed E-state index contributed by atoms with van der Waals surface area (Å²) in [5.41, 5.74) is 2.22. The lowest BCUT2D eigenvalue weighted by Crippen LogP contribution is -2.11. The van der Waals surface area contributed by atoms with Crippen molar-refractivity contribution < 1.29 is 14.2 Å². The number of hydrogen-bond acceptors (Lipinski definition) is 3. The fourth-order valence-corrected chi connectivity index (χ4v) is 2.77. The van der Waals surface area contributed by atoms with Gasteiger partial charge < -0.3 is 14.2 Å². The molecule has 0 heterocycles. The molecule has 3 nitrogen and oxygen atoms in total. The second-order valence-electron chi connectivity index (χ2n) is 5.52. The van der Waals surface area contributed by atoms with E-state index < -0.39 is 0 Å². The summed E-state index contributed by atoms with van der Waals surface area (Å²) in [7, 11) is 0. The van der Waals surface area contributed by atoms with E-state index in [0.29, 0.717) is 39.6 Å². The Labute approximate surface area is 159 Å². The number of rotatable bonds is 12. The van der Waals surface area contributed by atoms with Crippen LogP contribution < -0.4 is 0 Å². The normalized spacial score (nSPS) is 11.0. The number of halogens is 2. The molecule has 0 aliphatic carbocycles. The van der Waals surface area contributed by atoms with Gasteiger partial charge in [0.1, 0.15) is 0 Å². The van der Waals surface area contributed by atoms with Gasteiger partial charge in [0.2, 0.25) is 0 Å². The van der Waals surface area contributed by atoms with E-state index in [2.05, 4.69) is 0 Å². The van der Waals surface area contributed by atoms with E-state index in [1.165, 1.54) is 0 Å². The Balaban J connectivity index is 1.40. The molecule has 0 bridgehead atoms. The molecule has 0 spiro atoms. The molecule has 0 fully saturated rings. The lowest BCUT2D eigenvalue weighted by atomic mass is 10.2. The van der Waals surface area contributed by atoms with Gasteiger partial charge in [0.25, 0.3) is 0 Å². The predicted octanol–water partition coefficient (Wildman–Crippen LogP) is 4.83. The van der Waals surface area contributed by atoms with Crippen molar-refractivity contribution in [1.29, 1.82) is 0 Å². The van der Waals surface area contributed by atoms with Crippen LogP contribution >= 0.6 is 23.2 Å². The van der Waals surface area contributed by atoms with Crippen molar-refractivity contribution in [2.24, 2.45) is 0 Å². The van der Waals surface area contributed by atoms with E-state index in [-0.39, 0.29) is 0 Å². The maximum Gasteiger partial charge on any atom is 0.0701 e. The average molecular weight is 383 g/mol. The Morgan fingerprint density at radius 1 is 0.520 bits per heavy atom. The number of hydrogen-bond donors (Lipinski definition) is 0.